The first kappa shape index (κ1) is 38.7. The summed E-state index contributed by atoms with van der Waals surface area (Å²) in [7, 11) is 0. The van der Waals surface area contributed by atoms with Gasteiger partial charge in [0.2, 0.25) is 0 Å². The van der Waals surface area contributed by atoms with Crippen LogP contribution >= 0.6 is 0 Å². The first-order chi connectivity index (χ1) is 18.2. The second-order valence-electron chi connectivity index (χ2n) is 11.3. The molecule has 0 heterocycles. The fourth-order valence-corrected chi connectivity index (χ4v) is 5.35. The van der Waals surface area contributed by atoms with Gasteiger partial charge in [-0.05, 0) is 12.0 Å². The third kappa shape index (κ3) is 12.3. The maximum atomic E-state index is 3.82. The fourth-order valence-electron chi connectivity index (χ4n) is 4.48. The van der Waals surface area contributed by atoms with Gasteiger partial charge in [0.15, 0.2) is 0 Å². The molecule has 0 saturated heterocycles. The Morgan fingerprint density at radius 2 is 1.55 bits per heavy atom. The number of unbranched alkanes of at least 4 members (excludes halogenated alkanes) is 2. The van der Waals surface area contributed by atoms with E-state index in [1.165, 1.54) is 78.3 Å². The van der Waals surface area contributed by atoms with Crippen molar-refractivity contribution in [2.75, 3.05) is 0 Å². The topological polar surface area (TPSA) is 0 Å². The summed E-state index contributed by atoms with van der Waals surface area (Å²) < 4.78 is 1.79. The zero-order chi connectivity index (χ0) is 28.1. The van der Waals surface area contributed by atoms with Crippen LogP contribution in [-0.4, -0.2) is 3.21 Å². The van der Waals surface area contributed by atoms with Crippen LogP contribution in [0.3, 0.4) is 0 Å². The molecule has 1 unspecified atom stereocenters. The van der Waals surface area contributed by atoms with Gasteiger partial charge in [-0.3, -0.25) is 6.08 Å². The Labute approximate surface area is 273 Å². The quantitative estimate of drug-likeness (QED) is 0.291. The summed E-state index contributed by atoms with van der Waals surface area (Å²) in [5.41, 5.74) is 9.30. The largest absolute Gasteiger partial charge is 1.00 e. The summed E-state index contributed by atoms with van der Waals surface area (Å²) in [6, 6.07) is 14.1. The number of halogens is 2. The van der Waals surface area contributed by atoms with E-state index in [-0.39, 0.29) is 24.8 Å². The molecule has 0 N–H and O–H groups in total. The predicted octanol–water partition coefficient (Wildman–Crippen LogP) is 4.80. The monoisotopic (exact) mass is 652 g/mol. The van der Waals surface area contributed by atoms with Gasteiger partial charge in [0.25, 0.3) is 0 Å². The van der Waals surface area contributed by atoms with Gasteiger partial charge in [-0.1, -0.05) is 87.4 Å². The Morgan fingerprint density at radius 3 is 2.02 bits per heavy atom. The smallest absolute Gasteiger partial charge is 1.00 e. The van der Waals surface area contributed by atoms with Crippen molar-refractivity contribution in [2.24, 2.45) is 11.3 Å². The molecule has 0 saturated carbocycles. The number of hydrogen-bond acceptors (Lipinski definition) is 0. The summed E-state index contributed by atoms with van der Waals surface area (Å²) in [5.74, 6) is 0.573. The molecule has 0 aliphatic heterocycles. The summed E-state index contributed by atoms with van der Waals surface area (Å²) >= 11 is 1.67. The Bertz CT molecular complexity index is 1080. The van der Waals surface area contributed by atoms with Gasteiger partial charge in [-0.2, -0.15) is 35.4 Å². The van der Waals surface area contributed by atoms with Crippen LogP contribution < -0.4 is 24.8 Å². The number of hydrogen-bond donors (Lipinski definition) is 0. The second kappa shape index (κ2) is 19.8. The molecule has 0 bridgehead atoms. The molecule has 2 aromatic rings. The third-order valence-electron chi connectivity index (χ3n) is 7.12. The van der Waals surface area contributed by atoms with Gasteiger partial charge in [0.1, 0.15) is 0 Å². The van der Waals surface area contributed by atoms with Crippen molar-refractivity contribution >= 4 is 15.4 Å². The molecule has 2 aliphatic rings. The van der Waals surface area contributed by atoms with Crippen LogP contribution in [0.4, 0.5) is 0 Å². The number of fused-ring (bicyclic) bond motifs is 3. The van der Waals surface area contributed by atoms with Crippen molar-refractivity contribution in [3.05, 3.63) is 95.6 Å². The maximum Gasteiger partial charge on any atom is -1.00 e. The molecule has 0 radical (unpaired) electrons. The van der Waals surface area contributed by atoms with Crippen LogP contribution in [0.25, 0.3) is 23.3 Å². The Morgan fingerprint density at radius 1 is 0.950 bits per heavy atom. The second-order valence-corrected chi connectivity index (χ2v) is 13.1. The van der Waals surface area contributed by atoms with Gasteiger partial charge >= 0.3 is 79.8 Å². The van der Waals surface area contributed by atoms with Gasteiger partial charge < -0.3 is 24.8 Å². The van der Waals surface area contributed by atoms with E-state index in [9.17, 15) is 0 Å². The summed E-state index contributed by atoms with van der Waals surface area (Å²) in [6.07, 6.45) is 22.1. The van der Waals surface area contributed by atoms with Crippen LogP contribution in [0.5, 0.6) is 0 Å². The van der Waals surface area contributed by atoms with Gasteiger partial charge in [-0.25, -0.2) is 6.08 Å². The zero-order valence-corrected chi connectivity index (χ0v) is 29.6. The fraction of sp³-hybridized carbons (Fsp3) is 0.432. The van der Waals surface area contributed by atoms with E-state index in [1.54, 1.807) is 27.4 Å². The molecule has 0 fully saturated rings. The molecule has 0 aromatic heterocycles. The molecule has 40 heavy (non-hydrogen) atoms. The maximum absolute atomic E-state index is 3.82. The Hall–Kier alpha value is -1.27. The summed E-state index contributed by atoms with van der Waals surface area (Å²) in [6.45, 7) is 21.1. The predicted molar refractivity (Wildman–Crippen MR) is 167 cm³/mol. The van der Waals surface area contributed by atoms with Crippen LogP contribution in [-0.2, 0) is 30.7 Å². The van der Waals surface area contributed by atoms with Crippen molar-refractivity contribution < 1.29 is 49.0 Å². The molecular formula is C37H48Cl2Zr-2. The van der Waals surface area contributed by atoms with Crippen LogP contribution in [0.2, 0.25) is 0 Å². The molecule has 216 valence electrons. The van der Waals surface area contributed by atoms with Crippen molar-refractivity contribution in [3.63, 3.8) is 0 Å². The minimum Gasteiger partial charge on any atom is -1.00 e. The third-order valence-corrected chi connectivity index (χ3v) is 8.34. The normalized spacial score (nSPS) is 14.1. The van der Waals surface area contributed by atoms with Crippen LogP contribution in [0.15, 0.2) is 61.2 Å². The molecule has 1 atom stereocenters. The van der Waals surface area contributed by atoms with E-state index in [2.05, 4.69) is 103 Å². The molecule has 0 spiro atoms. The van der Waals surface area contributed by atoms with Crippen LogP contribution in [0.1, 0.15) is 109 Å². The summed E-state index contributed by atoms with van der Waals surface area (Å²) in [4.78, 5) is 0. The Balaban J connectivity index is 0.000000587. The summed E-state index contributed by atoms with van der Waals surface area (Å²) in [5, 5.41) is 0. The van der Waals surface area contributed by atoms with Crippen molar-refractivity contribution in [3.8, 4) is 11.1 Å². The van der Waals surface area contributed by atoms with Crippen molar-refractivity contribution in [1.29, 1.82) is 0 Å². The van der Waals surface area contributed by atoms with E-state index in [0.29, 0.717) is 11.3 Å². The standard InChI is InChI=1S/C17H13.C11H17.C9H18.2ClH.Zr/c1-3-12-5-7-14-11-15-8-6-13(4-2)10-17(15)16(14)9-12;1-5-9-6-7-10(8-9)11(2,3)4;1-3-5-7-9-8-6-4-2;;;/h3-7,9-10H,1-2,11H2;7-9H,5H2,1-4H3;3-8H2,1-2H3;2*1H;/q2*-1;;;;+2/p-2. The molecule has 0 nitrogen and oxygen atoms in total. The van der Waals surface area contributed by atoms with Crippen molar-refractivity contribution in [1.82, 2.24) is 0 Å². The average Bonchev–Trinajstić information content (AvgIpc) is 3.55. The first-order valence-corrected chi connectivity index (χ1v) is 15.7. The molecule has 2 aliphatic carbocycles. The van der Waals surface area contributed by atoms with E-state index < -0.39 is 0 Å². The first-order valence-electron chi connectivity index (χ1n) is 14.5. The van der Waals surface area contributed by atoms with E-state index in [1.807, 2.05) is 18.2 Å². The van der Waals surface area contributed by atoms with Crippen LogP contribution in [0, 0.1) is 23.5 Å². The van der Waals surface area contributed by atoms with Gasteiger partial charge in [0, 0.05) is 0 Å². The number of benzene rings is 2. The molecule has 3 heteroatoms. The SMILES string of the molecule is C=Cc1c[c-]c2c(c1)-c1cc(C=C)ccc1C2.CCC1[C-]=CC(C(C)(C)C)=C1.CCCC[C](=[Zr+2])CCCC.[Cl-].[Cl-]. The van der Waals surface area contributed by atoms with Gasteiger partial charge in [0.05, 0.1) is 0 Å². The minimum absolute atomic E-state index is 0. The van der Waals surface area contributed by atoms with Crippen molar-refractivity contribution in [2.45, 2.75) is 92.9 Å². The number of rotatable bonds is 9. The molecular weight excluding hydrogens is 607 g/mol. The molecule has 4 rings (SSSR count). The van der Waals surface area contributed by atoms with E-state index in [4.69, 9.17) is 0 Å². The average molecular weight is 655 g/mol. The zero-order valence-electron chi connectivity index (χ0n) is 25.6. The Kier molecular flexibility index (Phi) is 19.2. The van der Waals surface area contributed by atoms with E-state index >= 15 is 0 Å². The van der Waals surface area contributed by atoms with Gasteiger partial charge in [-0.15, -0.1) is 23.8 Å². The number of allylic oxidation sites excluding steroid dienone is 4. The minimum atomic E-state index is 0. The molecule has 0 amide bonds. The molecule has 2 aromatic carbocycles. The van der Waals surface area contributed by atoms with E-state index in [0.717, 1.165) is 12.0 Å².